The molecule has 0 saturated carbocycles. The maximum absolute atomic E-state index is 6.21. The first-order valence-corrected chi connectivity index (χ1v) is 20.8. The molecule has 0 N–H and O–H groups in total. The summed E-state index contributed by atoms with van der Waals surface area (Å²) >= 11 is 0. The molecule has 0 fully saturated rings. The van der Waals surface area contributed by atoms with Crippen LogP contribution in [0.25, 0.3) is 117 Å². The fourth-order valence-electron chi connectivity index (χ4n) is 8.86. The van der Waals surface area contributed by atoms with Gasteiger partial charge in [0.05, 0.1) is 22.4 Å². The van der Waals surface area contributed by atoms with E-state index in [1.165, 1.54) is 21.8 Å². The molecule has 0 spiro atoms. The number of nitrogens with zero attached hydrogens (tertiary/aromatic N) is 4. The van der Waals surface area contributed by atoms with Gasteiger partial charge in [0.1, 0.15) is 11.2 Å². The van der Waals surface area contributed by atoms with Crippen molar-refractivity contribution in [2.24, 2.45) is 0 Å². The Hall–Kier alpha value is -8.41. The molecule has 5 heteroatoms. The first-order valence-electron chi connectivity index (χ1n) is 20.8. The predicted octanol–water partition coefficient (Wildman–Crippen LogP) is 14.9. The molecule has 4 aromatic heterocycles. The van der Waals surface area contributed by atoms with Crippen LogP contribution in [0.3, 0.4) is 0 Å². The van der Waals surface area contributed by atoms with E-state index < -0.39 is 0 Å². The van der Waals surface area contributed by atoms with Crippen molar-refractivity contribution >= 4 is 43.7 Å². The summed E-state index contributed by atoms with van der Waals surface area (Å²) in [6.07, 6.45) is 3.67. The Kier molecular flexibility index (Phi) is 8.42. The van der Waals surface area contributed by atoms with Gasteiger partial charge in [-0.15, -0.1) is 0 Å². The normalized spacial score (nSPS) is 11.5. The topological polar surface area (TPSA) is 56.7 Å². The second-order valence-electron chi connectivity index (χ2n) is 15.7. The Bertz CT molecular complexity index is 3610. The van der Waals surface area contributed by atoms with Crippen molar-refractivity contribution in [3.8, 4) is 73.0 Å². The van der Waals surface area contributed by atoms with Gasteiger partial charge in [-0.3, -0.25) is 4.98 Å². The fraction of sp³-hybridized carbons (Fsp3) is 0. The molecule has 0 amide bonds. The summed E-state index contributed by atoms with van der Waals surface area (Å²) in [5.74, 6) is 0.666. The Balaban J connectivity index is 1.06. The Labute approximate surface area is 357 Å². The lowest BCUT2D eigenvalue weighted by atomic mass is 9.93. The molecule has 0 atom stereocenters. The van der Waals surface area contributed by atoms with Gasteiger partial charge in [-0.25, -0.2) is 9.97 Å². The van der Waals surface area contributed by atoms with Crippen LogP contribution in [-0.2, 0) is 0 Å². The van der Waals surface area contributed by atoms with E-state index in [-0.39, 0.29) is 0 Å². The minimum absolute atomic E-state index is 0.666. The average Bonchev–Trinajstić information content (AvgIpc) is 3.90. The molecular weight excluding hydrogens is 757 g/mol. The lowest BCUT2D eigenvalue weighted by Gasteiger charge is -2.14. The summed E-state index contributed by atoms with van der Waals surface area (Å²) in [6.45, 7) is 0. The fourth-order valence-corrected chi connectivity index (χ4v) is 8.86. The number of fused-ring (bicyclic) bond motifs is 6. The molecule has 0 unspecified atom stereocenters. The quantitative estimate of drug-likeness (QED) is 0.161. The molecule has 0 radical (unpaired) electrons. The molecule has 62 heavy (non-hydrogen) atoms. The van der Waals surface area contributed by atoms with Gasteiger partial charge >= 0.3 is 0 Å². The van der Waals surface area contributed by atoms with Crippen LogP contribution in [0.2, 0.25) is 0 Å². The summed E-state index contributed by atoms with van der Waals surface area (Å²) < 4.78 is 8.57. The highest BCUT2D eigenvalue weighted by atomic mass is 16.3. The Morgan fingerprint density at radius 1 is 0.323 bits per heavy atom. The van der Waals surface area contributed by atoms with Gasteiger partial charge in [-0.1, -0.05) is 115 Å². The third-order valence-electron chi connectivity index (χ3n) is 11.9. The van der Waals surface area contributed by atoms with E-state index in [9.17, 15) is 0 Å². The summed E-state index contributed by atoms with van der Waals surface area (Å²) in [7, 11) is 0. The summed E-state index contributed by atoms with van der Waals surface area (Å²) in [6, 6.07) is 72.8. The zero-order chi connectivity index (χ0) is 41.0. The first-order chi connectivity index (χ1) is 30.7. The van der Waals surface area contributed by atoms with E-state index in [4.69, 9.17) is 14.4 Å². The number of aromatic nitrogens is 4. The SMILES string of the molecule is c1ccc(-c2nc(-c3cc(-c4ccc(-c5ccncc5)cc4)cc(-c4ccc5c(c4)c4ccccc4n5-c4ccccc4)c3)cc(-c3ccc4oc5ccccc5c4c3)n2)cc1. The van der Waals surface area contributed by atoms with Crippen LogP contribution in [0, 0.1) is 0 Å². The first kappa shape index (κ1) is 35.5. The maximum atomic E-state index is 6.21. The Morgan fingerprint density at radius 2 is 0.871 bits per heavy atom. The van der Waals surface area contributed by atoms with E-state index in [2.05, 4.69) is 167 Å². The van der Waals surface area contributed by atoms with E-state index in [1.807, 2.05) is 60.9 Å². The van der Waals surface area contributed by atoms with Crippen LogP contribution in [-0.4, -0.2) is 19.5 Å². The highest BCUT2D eigenvalue weighted by Crippen LogP contribution is 2.39. The molecule has 0 aliphatic heterocycles. The number of pyridine rings is 1. The smallest absolute Gasteiger partial charge is 0.160 e. The molecule has 4 heterocycles. The molecule has 12 rings (SSSR count). The highest BCUT2D eigenvalue weighted by Gasteiger charge is 2.17. The zero-order valence-corrected chi connectivity index (χ0v) is 33.5. The van der Waals surface area contributed by atoms with Crippen LogP contribution in [0.4, 0.5) is 0 Å². The van der Waals surface area contributed by atoms with Crippen molar-refractivity contribution in [2.45, 2.75) is 0 Å². The lowest BCUT2D eigenvalue weighted by Crippen LogP contribution is -1.96. The van der Waals surface area contributed by atoms with Gasteiger partial charge in [-0.05, 0) is 124 Å². The second kappa shape index (κ2) is 14.7. The van der Waals surface area contributed by atoms with Crippen LogP contribution in [0.5, 0.6) is 0 Å². The highest BCUT2D eigenvalue weighted by molar-refractivity contribution is 6.11. The number of furan rings is 1. The largest absolute Gasteiger partial charge is 0.456 e. The average molecular weight is 793 g/mol. The molecule has 0 saturated heterocycles. The monoisotopic (exact) mass is 792 g/mol. The molecule has 0 aliphatic carbocycles. The van der Waals surface area contributed by atoms with Gasteiger partial charge in [0.2, 0.25) is 0 Å². The summed E-state index contributed by atoms with van der Waals surface area (Å²) in [4.78, 5) is 14.7. The molecule has 8 aromatic carbocycles. The van der Waals surface area contributed by atoms with Crippen LogP contribution in [0.1, 0.15) is 0 Å². The van der Waals surface area contributed by atoms with E-state index >= 15 is 0 Å². The van der Waals surface area contributed by atoms with Crippen LogP contribution in [0.15, 0.2) is 223 Å². The van der Waals surface area contributed by atoms with E-state index in [1.54, 1.807) is 0 Å². The third kappa shape index (κ3) is 6.23. The molecule has 12 aromatic rings. The van der Waals surface area contributed by atoms with Gasteiger partial charge in [0.25, 0.3) is 0 Å². The predicted molar refractivity (Wildman–Crippen MR) is 254 cm³/mol. The van der Waals surface area contributed by atoms with Crippen molar-refractivity contribution in [1.82, 2.24) is 19.5 Å². The molecule has 0 bridgehead atoms. The number of hydrogen-bond donors (Lipinski definition) is 0. The minimum Gasteiger partial charge on any atom is -0.456 e. The van der Waals surface area contributed by atoms with Gasteiger partial charge in [0.15, 0.2) is 5.82 Å². The second-order valence-corrected chi connectivity index (χ2v) is 15.7. The van der Waals surface area contributed by atoms with Crippen molar-refractivity contribution in [2.75, 3.05) is 0 Å². The van der Waals surface area contributed by atoms with Crippen molar-refractivity contribution < 1.29 is 4.42 Å². The van der Waals surface area contributed by atoms with Crippen LogP contribution < -0.4 is 0 Å². The van der Waals surface area contributed by atoms with Crippen LogP contribution >= 0.6 is 0 Å². The number of benzene rings is 8. The Morgan fingerprint density at radius 3 is 1.66 bits per heavy atom. The number of hydrogen-bond acceptors (Lipinski definition) is 4. The van der Waals surface area contributed by atoms with Crippen molar-refractivity contribution in [1.29, 1.82) is 0 Å². The number of para-hydroxylation sites is 3. The van der Waals surface area contributed by atoms with Gasteiger partial charge in [-0.2, -0.15) is 0 Å². The molecule has 5 nitrogen and oxygen atoms in total. The maximum Gasteiger partial charge on any atom is 0.160 e. The summed E-state index contributed by atoms with van der Waals surface area (Å²) in [5.41, 5.74) is 16.5. The standard InChI is InChI=1S/C57H36N4O/c1-3-11-40(12-4-1)57-59-51(42-24-26-56-50(35-42)48-16-8-10-18-55(48)62-56)36-52(60-57)45-32-43(38-21-19-37(20-22-38)39-27-29-58-30-28-39)31-44(33-45)41-23-25-54-49(34-41)47-15-7-9-17-53(47)61(54)46-13-5-2-6-14-46/h1-36H. The van der Waals surface area contributed by atoms with Crippen molar-refractivity contribution in [3.63, 3.8) is 0 Å². The molecule has 290 valence electrons. The van der Waals surface area contributed by atoms with Gasteiger partial charge in [0, 0.05) is 56.3 Å². The van der Waals surface area contributed by atoms with Crippen molar-refractivity contribution in [3.05, 3.63) is 219 Å². The lowest BCUT2D eigenvalue weighted by molar-refractivity contribution is 0.669. The minimum atomic E-state index is 0.666. The third-order valence-corrected chi connectivity index (χ3v) is 11.9. The van der Waals surface area contributed by atoms with E-state index in [0.717, 1.165) is 89.1 Å². The number of rotatable bonds is 7. The van der Waals surface area contributed by atoms with E-state index in [0.29, 0.717) is 5.82 Å². The summed E-state index contributed by atoms with van der Waals surface area (Å²) in [5, 5.41) is 4.56. The molecule has 0 aliphatic rings. The molecular formula is C57H36N4O. The van der Waals surface area contributed by atoms with Gasteiger partial charge < -0.3 is 8.98 Å². The zero-order valence-electron chi connectivity index (χ0n) is 33.5.